The lowest BCUT2D eigenvalue weighted by Gasteiger charge is -2.12. The molecule has 2 heterocycles. The van der Waals surface area contributed by atoms with Crippen molar-refractivity contribution in [2.24, 2.45) is 0 Å². The number of benzene rings is 4. The topological polar surface area (TPSA) is 102 Å². The lowest BCUT2D eigenvalue weighted by molar-refractivity contribution is 0.0947. The summed E-state index contributed by atoms with van der Waals surface area (Å²) in [6.45, 7) is 6.31. The molecule has 4 aromatic carbocycles. The Hall–Kier alpha value is -5.76. The highest BCUT2D eigenvalue weighted by Gasteiger charge is 2.15. The van der Waals surface area contributed by atoms with Gasteiger partial charge in [-0.25, -0.2) is 9.97 Å². The van der Waals surface area contributed by atoms with Crippen LogP contribution in [0.5, 0.6) is 11.5 Å². The number of carbonyl (C=O) groups is 2. The van der Waals surface area contributed by atoms with E-state index in [0.29, 0.717) is 37.4 Å². The summed E-state index contributed by atoms with van der Waals surface area (Å²) in [7, 11) is 0. The number of rotatable bonds is 16. The fourth-order valence-electron chi connectivity index (χ4n) is 6.17. The molecule has 0 aliphatic heterocycles. The van der Waals surface area contributed by atoms with Crippen LogP contribution in [-0.2, 0) is 0 Å². The van der Waals surface area contributed by atoms with E-state index < -0.39 is 0 Å². The molecule has 51 heavy (non-hydrogen) atoms. The minimum Gasteiger partial charge on any atom is -0.494 e. The molecule has 0 aliphatic rings. The predicted octanol–water partition coefficient (Wildman–Crippen LogP) is 9.02. The van der Waals surface area contributed by atoms with E-state index in [9.17, 15) is 9.59 Å². The Bertz CT molecular complexity index is 1940. The van der Waals surface area contributed by atoms with Crippen LogP contribution in [0.15, 0.2) is 109 Å². The molecular formula is C43H44N4O4. The highest BCUT2D eigenvalue weighted by Crippen LogP contribution is 2.28. The molecule has 2 aromatic heterocycles. The Balaban J connectivity index is 0.968. The molecule has 6 aromatic rings. The average Bonchev–Trinajstić information content (AvgIpc) is 3.17. The third-order valence-electron chi connectivity index (χ3n) is 8.77. The first-order valence-corrected chi connectivity index (χ1v) is 17.9. The molecule has 0 radical (unpaired) electrons. The summed E-state index contributed by atoms with van der Waals surface area (Å²) in [4.78, 5) is 36.3. The van der Waals surface area contributed by atoms with Crippen LogP contribution in [0.4, 0.5) is 0 Å². The van der Waals surface area contributed by atoms with Gasteiger partial charge in [-0.15, -0.1) is 0 Å². The van der Waals surface area contributed by atoms with E-state index in [1.54, 1.807) is 0 Å². The van der Waals surface area contributed by atoms with Gasteiger partial charge in [0.25, 0.3) is 11.8 Å². The zero-order valence-electron chi connectivity index (χ0n) is 29.3. The molecule has 0 saturated heterocycles. The summed E-state index contributed by atoms with van der Waals surface area (Å²) in [5.74, 6) is 1.41. The van der Waals surface area contributed by atoms with Crippen molar-refractivity contribution in [1.29, 1.82) is 0 Å². The fourth-order valence-corrected chi connectivity index (χ4v) is 6.17. The summed E-state index contributed by atoms with van der Waals surface area (Å²) in [6.07, 6.45) is 4.76. The van der Waals surface area contributed by atoms with Crippen molar-refractivity contribution in [1.82, 2.24) is 20.6 Å². The summed E-state index contributed by atoms with van der Waals surface area (Å²) < 4.78 is 11.2. The van der Waals surface area contributed by atoms with E-state index in [2.05, 4.69) is 10.6 Å². The van der Waals surface area contributed by atoms with Crippen LogP contribution in [0, 0.1) is 0 Å². The number of aromatic nitrogens is 2. The standard InChI is InChI=1S/C43H44N4O4/c1-3-50-32-22-18-30(19-23-32)40-28-36(34-14-8-10-16-38(34)46-40)42(48)44-26-12-6-5-7-13-27-45-43(49)37-29-41(47-39-17-11-9-15-35(37)39)31-20-24-33(25-21-31)51-4-2/h8-11,14-25,28-29H,3-7,12-13,26-27H2,1-2H3,(H,44,48)(H,45,49). The molecule has 8 heteroatoms. The minimum atomic E-state index is -0.0992. The number of hydrogen-bond acceptors (Lipinski definition) is 6. The third kappa shape index (κ3) is 8.89. The minimum absolute atomic E-state index is 0.0992. The summed E-state index contributed by atoms with van der Waals surface area (Å²) in [6, 6.07) is 34.8. The first kappa shape index (κ1) is 35.1. The molecule has 0 spiro atoms. The number of carbonyl (C=O) groups excluding carboxylic acids is 2. The van der Waals surface area contributed by atoms with Crippen LogP contribution in [-0.4, -0.2) is 48.1 Å². The molecular weight excluding hydrogens is 636 g/mol. The number of hydrogen-bond donors (Lipinski definition) is 2. The Morgan fingerprint density at radius 2 is 0.922 bits per heavy atom. The summed E-state index contributed by atoms with van der Waals surface area (Å²) in [5.41, 5.74) is 6.16. The molecule has 2 amide bonds. The zero-order chi connectivity index (χ0) is 35.4. The number of amides is 2. The fraction of sp³-hybridized carbons (Fsp3) is 0.256. The maximum absolute atomic E-state index is 13.3. The van der Waals surface area contributed by atoms with Gasteiger partial charge in [-0.3, -0.25) is 9.59 Å². The zero-order valence-corrected chi connectivity index (χ0v) is 29.3. The first-order valence-electron chi connectivity index (χ1n) is 17.9. The smallest absolute Gasteiger partial charge is 0.252 e. The number of para-hydroxylation sites is 2. The van der Waals surface area contributed by atoms with Crippen LogP contribution in [0.3, 0.4) is 0 Å². The lowest BCUT2D eigenvalue weighted by atomic mass is 10.0. The second-order valence-electron chi connectivity index (χ2n) is 12.3. The highest BCUT2D eigenvalue weighted by molar-refractivity contribution is 6.08. The summed E-state index contributed by atoms with van der Waals surface area (Å²) >= 11 is 0. The van der Waals surface area contributed by atoms with Gasteiger partial charge in [-0.2, -0.15) is 0 Å². The number of nitrogens with zero attached hydrogens (tertiary/aromatic N) is 2. The van der Waals surface area contributed by atoms with Crippen molar-refractivity contribution >= 4 is 33.6 Å². The van der Waals surface area contributed by atoms with Crippen LogP contribution in [0.2, 0.25) is 0 Å². The second-order valence-corrected chi connectivity index (χ2v) is 12.3. The van der Waals surface area contributed by atoms with Crippen molar-refractivity contribution in [3.05, 3.63) is 120 Å². The lowest BCUT2D eigenvalue weighted by Crippen LogP contribution is -2.25. The van der Waals surface area contributed by atoms with E-state index in [4.69, 9.17) is 19.4 Å². The van der Waals surface area contributed by atoms with Gasteiger partial charge in [0.1, 0.15) is 11.5 Å². The summed E-state index contributed by atoms with van der Waals surface area (Å²) in [5, 5.41) is 7.89. The predicted molar refractivity (Wildman–Crippen MR) is 204 cm³/mol. The maximum atomic E-state index is 13.3. The number of unbranched alkanes of at least 4 members (excludes halogenated alkanes) is 4. The molecule has 2 N–H and O–H groups in total. The van der Waals surface area contributed by atoms with E-state index >= 15 is 0 Å². The maximum Gasteiger partial charge on any atom is 0.252 e. The van der Waals surface area contributed by atoms with E-state index in [1.165, 1.54) is 0 Å². The molecule has 0 saturated carbocycles. The van der Waals surface area contributed by atoms with Crippen LogP contribution in [0.25, 0.3) is 44.3 Å². The number of fused-ring (bicyclic) bond motifs is 2. The Kier molecular flexibility index (Phi) is 11.9. The first-order chi connectivity index (χ1) is 25.0. The molecule has 0 unspecified atom stereocenters. The molecule has 0 bridgehead atoms. The quantitative estimate of drug-likeness (QED) is 0.0990. The van der Waals surface area contributed by atoms with Gasteiger partial charge in [0, 0.05) is 35.0 Å². The molecule has 0 fully saturated rings. The van der Waals surface area contributed by atoms with Gasteiger partial charge in [0.2, 0.25) is 0 Å². The van der Waals surface area contributed by atoms with Crippen molar-refractivity contribution in [3.63, 3.8) is 0 Å². The monoisotopic (exact) mass is 680 g/mol. The van der Waals surface area contributed by atoms with Crippen molar-refractivity contribution in [2.45, 2.75) is 46.0 Å². The van der Waals surface area contributed by atoms with E-state index in [0.717, 1.165) is 87.9 Å². The molecule has 8 nitrogen and oxygen atoms in total. The SMILES string of the molecule is CCOc1ccc(-c2cc(C(=O)NCCCCCCCNC(=O)c3cc(-c4ccc(OCC)cc4)nc4ccccc34)c3ccccc3n2)cc1. The van der Waals surface area contributed by atoms with Crippen LogP contribution >= 0.6 is 0 Å². The molecule has 0 aliphatic carbocycles. The highest BCUT2D eigenvalue weighted by atomic mass is 16.5. The van der Waals surface area contributed by atoms with Gasteiger partial charge in [0.05, 0.1) is 46.8 Å². The number of pyridine rings is 2. The van der Waals surface area contributed by atoms with Gasteiger partial charge >= 0.3 is 0 Å². The Morgan fingerprint density at radius 3 is 1.33 bits per heavy atom. The van der Waals surface area contributed by atoms with Crippen molar-refractivity contribution in [2.75, 3.05) is 26.3 Å². The Morgan fingerprint density at radius 1 is 0.529 bits per heavy atom. The second kappa shape index (κ2) is 17.3. The Labute approximate surface area is 299 Å². The van der Waals surface area contributed by atoms with Crippen molar-refractivity contribution in [3.8, 4) is 34.0 Å². The van der Waals surface area contributed by atoms with Crippen LogP contribution < -0.4 is 20.1 Å². The third-order valence-corrected chi connectivity index (χ3v) is 8.77. The number of ether oxygens (including phenoxy) is 2. The van der Waals surface area contributed by atoms with Crippen molar-refractivity contribution < 1.29 is 19.1 Å². The molecule has 260 valence electrons. The largest absolute Gasteiger partial charge is 0.494 e. The normalized spacial score (nSPS) is 11.0. The number of nitrogens with one attached hydrogen (secondary N) is 2. The van der Waals surface area contributed by atoms with E-state index in [-0.39, 0.29) is 11.8 Å². The van der Waals surface area contributed by atoms with Gasteiger partial charge in [-0.1, -0.05) is 55.7 Å². The van der Waals surface area contributed by atoms with Crippen LogP contribution in [0.1, 0.15) is 66.7 Å². The van der Waals surface area contributed by atoms with Gasteiger partial charge in [0.15, 0.2) is 0 Å². The molecule has 0 atom stereocenters. The molecule has 6 rings (SSSR count). The van der Waals surface area contributed by atoms with Gasteiger partial charge in [-0.05, 0) is 99.5 Å². The van der Waals surface area contributed by atoms with Gasteiger partial charge < -0.3 is 20.1 Å². The van der Waals surface area contributed by atoms with E-state index in [1.807, 2.05) is 123 Å². The average molecular weight is 681 g/mol.